The molecule has 9 heteroatoms. The second-order valence-corrected chi connectivity index (χ2v) is 4.48. The lowest BCUT2D eigenvalue weighted by Gasteiger charge is -2.01. The lowest BCUT2D eigenvalue weighted by atomic mass is 10.4. The molecule has 0 fully saturated rings. The average Bonchev–Trinajstić information content (AvgIpc) is 2.64. The van der Waals surface area contributed by atoms with Crippen LogP contribution in [0.1, 0.15) is 5.56 Å². The summed E-state index contributed by atoms with van der Waals surface area (Å²) in [6.07, 6.45) is 1.23. The number of anilines is 2. The molecule has 17 heavy (non-hydrogen) atoms. The van der Waals surface area contributed by atoms with Gasteiger partial charge in [-0.3, -0.25) is 9.17 Å². The second-order valence-electron chi connectivity index (χ2n) is 2.81. The highest BCUT2D eigenvalue weighted by atomic mass is 79.9. The average molecular weight is 316 g/mol. The van der Waals surface area contributed by atoms with Crippen LogP contribution in [0.15, 0.2) is 15.5 Å². The maximum atomic E-state index is 13.1. The molecule has 2 N–H and O–H groups in total. The highest BCUT2D eigenvalue weighted by molar-refractivity contribution is 9.10. The van der Waals surface area contributed by atoms with Gasteiger partial charge in [0.05, 0.1) is 4.47 Å². The highest BCUT2D eigenvalue weighted by Gasteiger charge is 2.12. The number of rotatable bonds is 2. The van der Waals surface area contributed by atoms with Crippen LogP contribution >= 0.6 is 27.5 Å². The van der Waals surface area contributed by atoms with E-state index >= 15 is 0 Å². The third-order valence-corrected chi connectivity index (χ3v) is 3.07. The molecule has 6 nitrogen and oxygen atoms in total. The van der Waals surface area contributed by atoms with E-state index in [9.17, 15) is 9.18 Å². The van der Waals surface area contributed by atoms with Crippen LogP contribution in [0.3, 0.4) is 0 Å². The zero-order valence-electron chi connectivity index (χ0n) is 7.99. The van der Waals surface area contributed by atoms with Crippen LogP contribution in [0, 0.1) is 17.3 Å². The van der Waals surface area contributed by atoms with Crippen LogP contribution in [0.5, 0.6) is 0 Å². The normalized spacial score (nSPS) is 9.94. The number of nitriles is 1. The minimum atomic E-state index is -0.733. The molecule has 0 aliphatic carbocycles. The Morgan fingerprint density at radius 3 is 3.06 bits per heavy atom. The molecule has 0 saturated heterocycles. The fourth-order valence-corrected chi connectivity index (χ4v) is 1.87. The van der Waals surface area contributed by atoms with E-state index in [1.54, 1.807) is 6.07 Å². The van der Waals surface area contributed by atoms with Gasteiger partial charge in [-0.1, -0.05) is 0 Å². The van der Waals surface area contributed by atoms with Gasteiger partial charge < -0.3 is 5.32 Å². The Labute approximate surface area is 106 Å². The highest BCUT2D eigenvalue weighted by Crippen LogP contribution is 2.20. The topological polar surface area (TPSA) is 94.5 Å². The molecule has 0 saturated carbocycles. The summed E-state index contributed by atoms with van der Waals surface area (Å²) in [5.74, 6) is -0.763. The molecule has 2 aromatic heterocycles. The van der Waals surface area contributed by atoms with Crippen molar-refractivity contribution in [3.05, 3.63) is 32.5 Å². The summed E-state index contributed by atoms with van der Waals surface area (Å²) in [5.41, 5.74) is -0.584. The lowest BCUT2D eigenvalue weighted by molar-refractivity contribution is 0.574. The van der Waals surface area contributed by atoms with E-state index < -0.39 is 11.5 Å². The number of aromatic nitrogens is 3. The Morgan fingerprint density at radius 1 is 1.65 bits per heavy atom. The summed E-state index contributed by atoms with van der Waals surface area (Å²) in [6, 6.07) is 1.74. The Hall–Kier alpha value is -1.79. The van der Waals surface area contributed by atoms with Crippen molar-refractivity contribution in [2.24, 2.45) is 0 Å². The van der Waals surface area contributed by atoms with Crippen molar-refractivity contribution in [3.8, 4) is 6.07 Å². The maximum absolute atomic E-state index is 13.1. The van der Waals surface area contributed by atoms with Gasteiger partial charge in [0.2, 0.25) is 11.9 Å². The molecule has 0 atom stereocenters. The first kappa shape index (κ1) is 11.7. The van der Waals surface area contributed by atoms with Crippen LogP contribution in [0.25, 0.3) is 0 Å². The Bertz CT molecular complexity index is 661. The van der Waals surface area contributed by atoms with Gasteiger partial charge in [0.25, 0.3) is 5.56 Å². The van der Waals surface area contributed by atoms with Gasteiger partial charge in [-0.05, 0) is 27.5 Å². The number of nitrogens with one attached hydrogen (secondary N) is 2. The molecular weight excluding hydrogens is 313 g/mol. The van der Waals surface area contributed by atoms with Crippen molar-refractivity contribution in [1.82, 2.24) is 14.3 Å². The van der Waals surface area contributed by atoms with E-state index in [0.717, 1.165) is 11.5 Å². The number of nitrogens with zero attached hydrogens (tertiary/aromatic N) is 3. The molecule has 0 aromatic carbocycles. The van der Waals surface area contributed by atoms with Crippen molar-refractivity contribution in [2.45, 2.75) is 0 Å². The molecule has 0 unspecified atom stereocenters. The first-order valence-electron chi connectivity index (χ1n) is 4.18. The lowest BCUT2D eigenvalue weighted by Crippen LogP contribution is -2.04. The molecule has 2 rings (SSSR count). The van der Waals surface area contributed by atoms with Crippen molar-refractivity contribution >= 4 is 38.4 Å². The van der Waals surface area contributed by atoms with Crippen LogP contribution < -0.4 is 10.9 Å². The monoisotopic (exact) mass is 315 g/mol. The fraction of sp³-hybridized carbons (Fsp3) is 0. The summed E-state index contributed by atoms with van der Waals surface area (Å²) in [6.45, 7) is 0. The van der Waals surface area contributed by atoms with Gasteiger partial charge in [-0.2, -0.15) is 14.6 Å². The maximum Gasteiger partial charge on any atom is 0.278 e. The summed E-state index contributed by atoms with van der Waals surface area (Å²) in [5, 5.41) is 11.6. The van der Waals surface area contributed by atoms with Gasteiger partial charge in [0.15, 0.2) is 5.56 Å². The SMILES string of the molecule is N#Cc1c(Nc2ncc(Br)c(F)n2)s[nH]c1=O. The molecular formula is C8H3BrFN5OS. The minimum Gasteiger partial charge on any atom is -0.313 e. The molecule has 2 aromatic rings. The zero-order valence-corrected chi connectivity index (χ0v) is 10.4. The van der Waals surface area contributed by atoms with Gasteiger partial charge in [-0.15, -0.1) is 0 Å². The predicted molar refractivity (Wildman–Crippen MR) is 62.6 cm³/mol. The van der Waals surface area contributed by atoms with Crippen molar-refractivity contribution in [2.75, 3.05) is 5.32 Å². The summed E-state index contributed by atoms with van der Waals surface area (Å²) >= 11 is 3.83. The zero-order chi connectivity index (χ0) is 12.4. The van der Waals surface area contributed by atoms with E-state index in [4.69, 9.17) is 5.26 Å². The largest absolute Gasteiger partial charge is 0.313 e. The predicted octanol–water partition coefficient (Wildman–Crippen LogP) is 1.74. The van der Waals surface area contributed by atoms with Crippen LogP contribution in [-0.4, -0.2) is 14.3 Å². The van der Waals surface area contributed by atoms with E-state index in [-0.39, 0.29) is 21.0 Å². The number of H-pyrrole nitrogens is 1. The Balaban J connectivity index is 2.35. The van der Waals surface area contributed by atoms with Crippen LogP contribution in [0.2, 0.25) is 0 Å². The van der Waals surface area contributed by atoms with E-state index in [1.165, 1.54) is 6.20 Å². The smallest absolute Gasteiger partial charge is 0.278 e. The third kappa shape index (κ3) is 2.32. The summed E-state index contributed by atoms with van der Waals surface area (Å²) < 4.78 is 15.6. The van der Waals surface area contributed by atoms with Gasteiger partial charge in [0, 0.05) is 6.20 Å². The molecule has 2 heterocycles. The number of hydrogen-bond donors (Lipinski definition) is 2. The first-order valence-corrected chi connectivity index (χ1v) is 5.79. The molecule has 0 radical (unpaired) electrons. The second kappa shape index (κ2) is 4.60. The molecule has 0 spiro atoms. The number of hydrogen-bond acceptors (Lipinski definition) is 6. The Kier molecular flexibility index (Phi) is 3.16. The number of aromatic amines is 1. The molecule has 0 bridgehead atoms. The third-order valence-electron chi connectivity index (χ3n) is 1.74. The minimum absolute atomic E-state index is 0.0301. The van der Waals surface area contributed by atoms with Crippen molar-refractivity contribution in [3.63, 3.8) is 0 Å². The molecule has 0 amide bonds. The summed E-state index contributed by atoms with van der Waals surface area (Å²) in [7, 11) is 0. The summed E-state index contributed by atoms with van der Waals surface area (Å²) in [4.78, 5) is 18.4. The number of halogens is 2. The van der Waals surface area contributed by atoms with E-state index in [0.29, 0.717) is 0 Å². The molecule has 86 valence electrons. The molecule has 0 aliphatic heterocycles. The standard InChI is InChI=1S/C8H3BrFN5OS/c9-4-2-12-8(13-5(4)10)14-7-3(1-11)6(16)15-17-7/h2H,(H,15,16)(H,12,13,14). The van der Waals surface area contributed by atoms with E-state index in [2.05, 4.69) is 35.6 Å². The van der Waals surface area contributed by atoms with Gasteiger partial charge in [0.1, 0.15) is 11.1 Å². The Morgan fingerprint density at radius 2 is 2.41 bits per heavy atom. The van der Waals surface area contributed by atoms with E-state index in [1.807, 2.05) is 0 Å². The van der Waals surface area contributed by atoms with Crippen molar-refractivity contribution < 1.29 is 4.39 Å². The van der Waals surface area contributed by atoms with Gasteiger partial charge >= 0.3 is 0 Å². The fourth-order valence-electron chi connectivity index (χ4n) is 1.00. The molecule has 0 aliphatic rings. The van der Waals surface area contributed by atoms with Crippen LogP contribution in [0.4, 0.5) is 15.3 Å². The van der Waals surface area contributed by atoms with Crippen molar-refractivity contribution in [1.29, 1.82) is 5.26 Å². The first-order chi connectivity index (χ1) is 8.11. The van der Waals surface area contributed by atoms with Gasteiger partial charge in [-0.25, -0.2) is 4.98 Å². The quantitative estimate of drug-likeness (QED) is 0.823. The van der Waals surface area contributed by atoms with Crippen LogP contribution in [-0.2, 0) is 0 Å².